The fourth-order valence-corrected chi connectivity index (χ4v) is 2.66. The summed E-state index contributed by atoms with van der Waals surface area (Å²) in [6.45, 7) is 2.25. The molecule has 23 heavy (non-hydrogen) atoms. The van der Waals surface area contributed by atoms with Gasteiger partial charge < -0.3 is 10.2 Å². The smallest absolute Gasteiger partial charge is 0.326 e. The Morgan fingerprint density at radius 1 is 1.39 bits per heavy atom. The van der Waals surface area contributed by atoms with Crippen molar-refractivity contribution < 1.29 is 14.4 Å². The van der Waals surface area contributed by atoms with Crippen LogP contribution in [0.25, 0.3) is 0 Å². The molecule has 124 valence electrons. The molecule has 1 aliphatic heterocycles. The van der Waals surface area contributed by atoms with Gasteiger partial charge in [0.1, 0.15) is 6.54 Å². The number of hydrogen-bond donors (Lipinski definition) is 1. The second kappa shape index (κ2) is 7.46. The molecule has 1 fully saturated rings. The van der Waals surface area contributed by atoms with E-state index in [4.69, 9.17) is 11.6 Å². The maximum Gasteiger partial charge on any atom is 0.326 e. The fraction of sp³-hybridized carbons (Fsp3) is 0.438. The average Bonchev–Trinajstić information content (AvgIpc) is 2.73. The van der Waals surface area contributed by atoms with Crippen LogP contribution in [0.15, 0.2) is 24.3 Å². The van der Waals surface area contributed by atoms with E-state index >= 15 is 0 Å². The second-order valence-corrected chi connectivity index (χ2v) is 6.07. The van der Waals surface area contributed by atoms with E-state index in [1.54, 1.807) is 13.1 Å². The number of benzene rings is 1. The summed E-state index contributed by atoms with van der Waals surface area (Å²) in [4.78, 5) is 37.8. The topological polar surface area (TPSA) is 69.7 Å². The molecule has 0 radical (unpaired) electrons. The number of nitrogens with one attached hydrogen (secondary N) is 1. The predicted molar refractivity (Wildman–Crippen MR) is 87.0 cm³/mol. The molecular weight excluding hydrogens is 318 g/mol. The van der Waals surface area contributed by atoms with Gasteiger partial charge in [-0.2, -0.15) is 0 Å². The lowest BCUT2D eigenvalue weighted by atomic mass is 10.1. The summed E-state index contributed by atoms with van der Waals surface area (Å²) >= 11 is 5.93. The lowest BCUT2D eigenvalue weighted by Crippen LogP contribution is -2.33. The van der Waals surface area contributed by atoms with Gasteiger partial charge in [0, 0.05) is 25.0 Å². The standard InChI is InChI=1S/C16H20ClN3O3/c1-11(12-5-3-6-13(17)9-12)18-14(21)7-4-8-20-15(22)10-19(2)16(20)23/h3,5-6,9,11H,4,7-8,10H2,1-2H3,(H,18,21). The Hall–Kier alpha value is -2.08. The molecule has 1 N–H and O–H groups in total. The Kier molecular flexibility index (Phi) is 5.60. The van der Waals surface area contributed by atoms with E-state index in [-0.39, 0.29) is 43.4 Å². The largest absolute Gasteiger partial charge is 0.350 e. The van der Waals surface area contributed by atoms with E-state index in [2.05, 4.69) is 5.32 Å². The Labute approximate surface area is 140 Å². The zero-order valence-electron chi connectivity index (χ0n) is 13.2. The van der Waals surface area contributed by atoms with Gasteiger partial charge in [-0.3, -0.25) is 14.5 Å². The van der Waals surface area contributed by atoms with E-state index in [1.165, 1.54) is 9.80 Å². The minimum atomic E-state index is -0.303. The van der Waals surface area contributed by atoms with Gasteiger partial charge in [0.2, 0.25) is 11.8 Å². The number of nitrogens with zero attached hydrogens (tertiary/aromatic N) is 2. The first-order chi connectivity index (χ1) is 10.9. The van der Waals surface area contributed by atoms with Gasteiger partial charge in [-0.05, 0) is 31.0 Å². The first kappa shape index (κ1) is 17.3. The van der Waals surface area contributed by atoms with Crippen LogP contribution >= 0.6 is 11.6 Å². The number of halogens is 1. The molecule has 1 aromatic rings. The number of likely N-dealkylation sites (N-methyl/N-ethyl adjacent to an activating group) is 1. The third-order valence-electron chi connectivity index (χ3n) is 3.74. The molecule has 1 unspecified atom stereocenters. The molecule has 0 saturated carbocycles. The molecule has 2 rings (SSSR count). The number of carbonyl (C=O) groups is 3. The molecule has 1 aromatic carbocycles. The summed E-state index contributed by atoms with van der Waals surface area (Å²) in [5.41, 5.74) is 0.928. The lowest BCUT2D eigenvalue weighted by Gasteiger charge is -2.16. The number of hydrogen-bond acceptors (Lipinski definition) is 3. The van der Waals surface area contributed by atoms with Crippen LogP contribution in [0.1, 0.15) is 31.4 Å². The number of imide groups is 1. The summed E-state index contributed by atoms with van der Waals surface area (Å²) in [5.74, 6) is -0.338. The van der Waals surface area contributed by atoms with Gasteiger partial charge in [0.15, 0.2) is 0 Å². The van der Waals surface area contributed by atoms with E-state index in [0.29, 0.717) is 11.4 Å². The van der Waals surface area contributed by atoms with Gasteiger partial charge in [-0.1, -0.05) is 23.7 Å². The van der Waals surface area contributed by atoms with Crippen molar-refractivity contribution in [1.29, 1.82) is 0 Å². The molecular formula is C16H20ClN3O3. The third-order valence-corrected chi connectivity index (χ3v) is 3.98. The van der Waals surface area contributed by atoms with Crippen molar-refractivity contribution in [2.75, 3.05) is 20.1 Å². The van der Waals surface area contributed by atoms with Crippen molar-refractivity contribution in [1.82, 2.24) is 15.1 Å². The van der Waals surface area contributed by atoms with Gasteiger partial charge in [-0.25, -0.2) is 4.79 Å². The number of rotatable bonds is 6. The van der Waals surface area contributed by atoms with E-state index in [9.17, 15) is 14.4 Å². The van der Waals surface area contributed by atoms with Crippen LogP contribution in [-0.4, -0.2) is 47.8 Å². The summed E-state index contributed by atoms with van der Waals surface area (Å²) in [5, 5.41) is 3.51. The van der Waals surface area contributed by atoms with Crippen molar-refractivity contribution in [2.24, 2.45) is 0 Å². The lowest BCUT2D eigenvalue weighted by molar-refractivity contribution is -0.126. The average molecular weight is 338 g/mol. The summed E-state index contributed by atoms with van der Waals surface area (Å²) < 4.78 is 0. The van der Waals surface area contributed by atoms with Crippen molar-refractivity contribution in [2.45, 2.75) is 25.8 Å². The van der Waals surface area contributed by atoms with Crippen molar-refractivity contribution in [3.05, 3.63) is 34.9 Å². The highest BCUT2D eigenvalue weighted by Gasteiger charge is 2.32. The Bertz CT molecular complexity index is 620. The number of carbonyl (C=O) groups excluding carboxylic acids is 3. The molecule has 0 aromatic heterocycles. The van der Waals surface area contributed by atoms with Crippen LogP contribution in [0.5, 0.6) is 0 Å². The minimum absolute atomic E-state index is 0.108. The number of amides is 4. The minimum Gasteiger partial charge on any atom is -0.350 e. The monoisotopic (exact) mass is 337 g/mol. The molecule has 6 nitrogen and oxygen atoms in total. The highest BCUT2D eigenvalue weighted by molar-refractivity contribution is 6.30. The third kappa shape index (κ3) is 4.45. The van der Waals surface area contributed by atoms with Crippen molar-refractivity contribution in [3.8, 4) is 0 Å². The summed E-state index contributed by atoms with van der Waals surface area (Å²) in [6, 6.07) is 6.87. The number of urea groups is 1. The Morgan fingerprint density at radius 2 is 2.13 bits per heavy atom. The normalized spacial score (nSPS) is 16.0. The van der Waals surface area contributed by atoms with Gasteiger partial charge in [-0.15, -0.1) is 0 Å². The van der Waals surface area contributed by atoms with Crippen LogP contribution < -0.4 is 5.32 Å². The molecule has 0 aliphatic carbocycles. The van der Waals surface area contributed by atoms with Gasteiger partial charge in [0.05, 0.1) is 6.04 Å². The first-order valence-corrected chi connectivity index (χ1v) is 7.86. The maximum atomic E-state index is 12.0. The Morgan fingerprint density at radius 3 is 2.74 bits per heavy atom. The molecule has 1 atom stereocenters. The van der Waals surface area contributed by atoms with Crippen LogP contribution in [0.2, 0.25) is 5.02 Å². The van der Waals surface area contributed by atoms with Crippen molar-refractivity contribution >= 4 is 29.4 Å². The molecule has 1 heterocycles. The van der Waals surface area contributed by atoms with Gasteiger partial charge >= 0.3 is 6.03 Å². The van der Waals surface area contributed by atoms with Gasteiger partial charge in [0.25, 0.3) is 0 Å². The van der Waals surface area contributed by atoms with Crippen LogP contribution in [-0.2, 0) is 9.59 Å². The summed E-state index contributed by atoms with van der Waals surface area (Å²) in [7, 11) is 1.58. The molecule has 1 saturated heterocycles. The first-order valence-electron chi connectivity index (χ1n) is 7.49. The second-order valence-electron chi connectivity index (χ2n) is 5.63. The van der Waals surface area contributed by atoms with Crippen LogP contribution in [0, 0.1) is 0 Å². The Balaban J connectivity index is 1.77. The quantitative estimate of drug-likeness (QED) is 0.809. The van der Waals surface area contributed by atoms with Crippen molar-refractivity contribution in [3.63, 3.8) is 0 Å². The fourth-order valence-electron chi connectivity index (χ4n) is 2.46. The molecule has 7 heteroatoms. The van der Waals surface area contributed by atoms with E-state index < -0.39 is 0 Å². The molecule has 0 spiro atoms. The zero-order valence-corrected chi connectivity index (χ0v) is 14.0. The predicted octanol–water partition coefficient (Wildman–Crippen LogP) is 2.19. The molecule has 1 aliphatic rings. The zero-order chi connectivity index (χ0) is 17.0. The summed E-state index contributed by atoms with van der Waals surface area (Å²) in [6.07, 6.45) is 0.700. The SMILES string of the molecule is CC(NC(=O)CCCN1C(=O)CN(C)C1=O)c1cccc(Cl)c1. The van der Waals surface area contributed by atoms with E-state index in [1.807, 2.05) is 25.1 Å². The van der Waals surface area contributed by atoms with E-state index in [0.717, 1.165) is 5.56 Å². The van der Waals surface area contributed by atoms with Crippen LogP contribution in [0.3, 0.4) is 0 Å². The maximum absolute atomic E-state index is 12.0. The molecule has 4 amide bonds. The van der Waals surface area contributed by atoms with Crippen LogP contribution in [0.4, 0.5) is 4.79 Å². The highest BCUT2D eigenvalue weighted by atomic mass is 35.5. The molecule has 0 bridgehead atoms. The highest BCUT2D eigenvalue weighted by Crippen LogP contribution is 2.17.